The van der Waals surface area contributed by atoms with Crippen molar-refractivity contribution in [1.82, 2.24) is 20.3 Å². The fourth-order valence-corrected chi connectivity index (χ4v) is 3.83. The van der Waals surface area contributed by atoms with Gasteiger partial charge in [0.1, 0.15) is 5.75 Å². The normalized spacial score (nSPS) is 10.8. The number of hydrogen-bond acceptors (Lipinski definition) is 5. The third-order valence-electron chi connectivity index (χ3n) is 5.63. The number of hydrogen-bond donors (Lipinski definition) is 1. The number of nitrogens with zero attached hydrogens (tertiary/aromatic N) is 3. The molecule has 180 valence electrons. The summed E-state index contributed by atoms with van der Waals surface area (Å²) in [5, 5.41) is 11.8. The molecule has 0 atom stereocenters. The lowest BCUT2D eigenvalue weighted by molar-refractivity contribution is 0.0942. The predicted octanol–water partition coefficient (Wildman–Crippen LogP) is 5.91. The van der Waals surface area contributed by atoms with Crippen molar-refractivity contribution < 1.29 is 14.1 Å². The highest BCUT2D eigenvalue weighted by atomic mass is 16.5. The smallest absolute Gasteiger partial charge is 0.273 e. The number of rotatable bonds is 9. The second kappa shape index (κ2) is 10.7. The van der Waals surface area contributed by atoms with Gasteiger partial charge in [-0.1, -0.05) is 72.7 Å². The molecule has 1 N–H and O–H groups in total. The van der Waals surface area contributed by atoms with E-state index in [1.54, 1.807) is 6.07 Å². The van der Waals surface area contributed by atoms with E-state index < -0.39 is 0 Å². The fourth-order valence-electron chi connectivity index (χ4n) is 3.83. The zero-order valence-corrected chi connectivity index (χ0v) is 19.9. The van der Waals surface area contributed by atoms with Crippen molar-refractivity contribution in [3.05, 3.63) is 108 Å². The minimum atomic E-state index is -0.320. The molecule has 0 fully saturated rings. The molecule has 0 aliphatic carbocycles. The molecule has 7 nitrogen and oxygen atoms in total. The Hall–Kier alpha value is -4.65. The number of benzene rings is 3. The Morgan fingerprint density at radius 2 is 1.69 bits per heavy atom. The van der Waals surface area contributed by atoms with Gasteiger partial charge in [-0.2, -0.15) is 5.10 Å². The first kappa shape index (κ1) is 23.1. The largest absolute Gasteiger partial charge is 0.494 e. The van der Waals surface area contributed by atoms with Gasteiger partial charge in [0.15, 0.2) is 11.5 Å². The first-order chi connectivity index (χ1) is 17.7. The van der Waals surface area contributed by atoms with Gasteiger partial charge in [-0.25, -0.2) is 4.68 Å². The van der Waals surface area contributed by atoms with E-state index in [1.165, 1.54) is 0 Å². The van der Waals surface area contributed by atoms with Gasteiger partial charge in [0.25, 0.3) is 5.91 Å². The fraction of sp³-hybridized carbons (Fsp3) is 0.138. The lowest BCUT2D eigenvalue weighted by Gasteiger charge is -2.07. The molecule has 0 aliphatic heterocycles. The molecular weight excluding hydrogens is 452 g/mol. The second-order valence-corrected chi connectivity index (χ2v) is 8.28. The first-order valence-corrected chi connectivity index (χ1v) is 11.9. The SMILES string of the molecule is CCCOc1cccc(-c2nn(-c3ccccc3)cc2CNC(=O)c2cc(-c3ccccc3)on2)c1. The van der Waals surface area contributed by atoms with Gasteiger partial charge in [-0.15, -0.1) is 0 Å². The molecule has 5 rings (SSSR count). The summed E-state index contributed by atoms with van der Waals surface area (Å²) >= 11 is 0. The van der Waals surface area contributed by atoms with Crippen molar-refractivity contribution in [3.8, 4) is 34.0 Å². The zero-order chi connectivity index (χ0) is 24.7. The molecular formula is C29H26N4O3. The number of para-hydroxylation sites is 1. The maximum absolute atomic E-state index is 12.9. The van der Waals surface area contributed by atoms with E-state index in [-0.39, 0.29) is 18.1 Å². The van der Waals surface area contributed by atoms with Crippen molar-refractivity contribution in [1.29, 1.82) is 0 Å². The number of nitrogens with one attached hydrogen (secondary N) is 1. The molecule has 0 saturated heterocycles. The molecule has 0 spiro atoms. The predicted molar refractivity (Wildman–Crippen MR) is 138 cm³/mol. The summed E-state index contributed by atoms with van der Waals surface area (Å²) in [6, 6.07) is 28.9. The van der Waals surface area contributed by atoms with E-state index >= 15 is 0 Å². The van der Waals surface area contributed by atoms with Crippen LogP contribution in [0.4, 0.5) is 0 Å². The maximum atomic E-state index is 12.9. The topological polar surface area (TPSA) is 82.2 Å². The molecule has 0 bridgehead atoms. The van der Waals surface area contributed by atoms with Gasteiger partial charge in [-0.3, -0.25) is 4.79 Å². The van der Waals surface area contributed by atoms with Crippen molar-refractivity contribution in [2.45, 2.75) is 19.9 Å². The van der Waals surface area contributed by atoms with Crippen LogP contribution >= 0.6 is 0 Å². The lowest BCUT2D eigenvalue weighted by atomic mass is 10.1. The summed E-state index contributed by atoms with van der Waals surface area (Å²) in [5.74, 6) is 1.01. The van der Waals surface area contributed by atoms with Crippen molar-refractivity contribution in [3.63, 3.8) is 0 Å². The van der Waals surface area contributed by atoms with Gasteiger partial charge in [-0.05, 0) is 30.7 Å². The van der Waals surface area contributed by atoms with Crippen molar-refractivity contribution >= 4 is 5.91 Å². The Labute approximate surface area is 209 Å². The quantitative estimate of drug-likeness (QED) is 0.285. The van der Waals surface area contributed by atoms with E-state index in [0.717, 1.165) is 40.2 Å². The third kappa shape index (κ3) is 5.20. The molecule has 0 unspecified atom stereocenters. The van der Waals surface area contributed by atoms with Gasteiger partial charge in [0, 0.05) is 35.5 Å². The van der Waals surface area contributed by atoms with Gasteiger partial charge >= 0.3 is 0 Å². The first-order valence-electron chi connectivity index (χ1n) is 11.9. The van der Waals surface area contributed by atoms with Crippen LogP contribution < -0.4 is 10.1 Å². The number of ether oxygens (including phenoxy) is 1. The highest BCUT2D eigenvalue weighted by Gasteiger charge is 2.17. The number of amides is 1. The molecule has 36 heavy (non-hydrogen) atoms. The zero-order valence-electron chi connectivity index (χ0n) is 19.9. The maximum Gasteiger partial charge on any atom is 0.273 e. The number of aromatic nitrogens is 3. The highest BCUT2D eigenvalue weighted by molar-refractivity contribution is 5.93. The molecule has 0 saturated carbocycles. The van der Waals surface area contributed by atoms with E-state index in [9.17, 15) is 4.79 Å². The molecule has 2 heterocycles. The van der Waals surface area contributed by atoms with Crippen molar-refractivity contribution in [2.75, 3.05) is 6.61 Å². The molecule has 7 heteroatoms. The molecule has 3 aromatic carbocycles. The van der Waals surface area contributed by atoms with Gasteiger partial charge < -0.3 is 14.6 Å². The minimum Gasteiger partial charge on any atom is -0.494 e. The number of carbonyl (C=O) groups is 1. The Morgan fingerprint density at radius 1 is 0.944 bits per heavy atom. The summed E-state index contributed by atoms with van der Waals surface area (Å²) in [6.45, 7) is 2.99. The average molecular weight is 479 g/mol. The lowest BCUT2D eigenvalue weighted by Crippen LogP contribution is -2.23. The third-order valence-corrected chi connectivity index (χ3v) is 5.63. The van der Waals surface area contributed by atoms with Gasteiger partial charge in [0.05, 0.1) is 18.0 Å². The molecule has 0 aliphatic rings. The monoisotopic (exact) mass is 478 g/mol. The van der Waals surface area contributed by atoms with Crippen LogP contribution in [0.1, 0.15) is 29.4 Å². The summed E-state index contributed by atoms with van der Waals surface area (Å²) in [5.41, 5.74) is 4.56. The van der Waals surface area contributed by atoms with Gasteiger partial charge in [0.2, 0.25) is 0 Å². The van der Waals surface area contributed by atoms with E-state index in [4.69, 9.17) is 14.4 Å². The Morgan fingerprint density at radius 3 is 2.47 bits per heavy atom. The van der Waals surface area contributed by atoms with Crippen LogP contribution in [-0.4, -0.2) is 27.5 Å². The van der Waals surface area contributed by atoms with E-state index in [0.29, 0.717) is 12.4 Å². The van der Waals surface area contributed by atoms with Crippen LogP contribution in [-0.2, 0) is 6.54 Å². The van der Waals surface area contributed by atoms with Crippen LogP contribution in [0.2, 0.25) is 0 Å². The Balaban J connectivity index is 1.40. The molecule has 5 aromatic rings. The van der Waals surface area contributed by atoms with Crippen LogP contribution in [0.25, 0.3) is 28.3 Å². The summed E-state index contributed by atoms with van der Waals surface area (Å²) in [4.78, 5) is 12.9. The van der Waals surface area contributed by atoms with Crippen LogP contribution in [0.5, 0.6) is 5.75 Å². The Kier molecular flexibility index (Phi) is 6.89. The van der Waals surface area contributed by atoms with E-state index in [2.05, 4.69) is 17.4 Å². The molecule has 1 amide bonds. The van der Waals surface area contributed by atoms with E-state index in [1.807, 2.05) is 95.8 Å². The average Bonchev–Trinajstić information content (AvgIpc) is 3.60. The summed E-state index contributed by atoms with van der Waals surface area (Å²) < 4.78 is 13.0. The second-order valence-electron chi connectivity index (χ2n) is 8.28. The minimum absolute atomic E-state index is 0.223. The van der Waals surface area contributed by atoms with Crippen molar-refractivity contribution in [2.24, 2.45) is 0 Å². The number of carbonyl (C=O) groups excluding carboxylic acids is 1. The van der Waals surface area contributed by atoms with Crippen LogP contribution in [0.15, 0.2) is 102 Å². The van der Waals surface area contributed by atoms with Crippen LogP contribution in [0, 0.1) is 0 Å². The Bertz CT molecular complexity index is 1440. The molecule has 0 radical (unpaired) electrons. The standard InChI is InChI=1S/C29H26N4O3/c1-2-16-35-25-15-9-12-22(17-25)28-23(20-33(31-28)24-13-7-4-8-14-24)19-30-29(34)26-18-27(36-32-26)21-10-5-3-6-11-21/h3-15,17-18,20H,2,16,19H2,1H3,(H,30,34). The molecule has 2 aromatic heterocycles. The summed E-state index contributed by atoms with van der Waals surface area (Å²) in [7, 11) is 0. The van der Waals surface area contributed by atoms with Crippen LogP contribution in [0.3, 0.4) is 0 Å². The summed E-state index contributed by atoms with van der Waals surface area (Å²) in [6.07, 6.45) is 2.86. The highest BCUT2D eigenvalue weighted by Crippen LogP contribution is 2.27.